The topological polar surface area (TPSA) is 9.86 Å². The first-order valence-electron chi connectivity index (χ1n) is 19.7. The fraction of sp³-hybridized carbons (Fsp3) is 0. The molecule has 0 saturated carbocycles. The van der Waals surface area contributed by atoms with Crippen molar-refractivity contribution in [3.05, 3.63) is 194 Å². The second kappa shape index (κ2) is 12.3. The summed E-state index contributed by atoms with van der Waals surface area (Å²) in [4.78, 5) is 0. The number of para-hydroxylation sites is 4. The molecule has 0 radical (unpaired) electrons. The predicted octanol–water partition coefficient (Wildman–Crippen LogP) is 16.0. The molecular weight excluding hydrogens is 741 g/mol. The summed E-state index contributed by atoms with van der Waals surface area (Å²) in [7, 11) is 0. The van der Waals surface area contributed by atoms with Gasteiger partial charge in [0.1, 0.15) is 0 Å². The van der Waals surface area contributed by atoms with Crippen LogP contribution in [0.4, 0.5) is 0 Å². The van der Waals surface area contributed by atoms with Gasteiger partial charge in [0, 0.05) is 63.9 Å². The smallest absolute Gasteiger partial charge is 0.0541 e. The minimum Gasteiger partial charge on any atom is -0.309 e. The van der Waals surface area contributed by atoms with Gasteiger partial charge in [-0.3, -0.25) is 0 Å². The first-order chi connectivity index (χ1) is 28.7. The Labute approximate surface area is 341 Å². The van der Waals surface area contributed by atoms with Gasteiger partial charge in [0.05, 0.1) is 31.5 Å². The van der Waals surface area contributed by atoms with Gasteiger partial charge >= 0.3 is 0 Å². The van der Waals surface area contributed by atoms with E-state index < -0.39 is 0 Å². The van der Waals surface area contributed by atoms with Crippen molar-refractivity contribution < 1.29 is 0 Å². The minimum absolute atomic E-state index is 1.18. The second-order valence-electron chi connectivity index (χ2n) is 15.3. The Morgan fingerprint density at radius 3 is 1.09 bits per heavy atom. The van der Waals surface area contributed by atoms with Crippen molar-refractivity contribution in [2.24, 2.45) is 0 Å². The van der Waals surface area contributed by atoms with Gasteiger partial charge in [-0.25, -0.2) is 0 Å². The third kappa shape index (κ3) is 4.64. The number of aromatic nitrogens is 2. The summed E-state index contributed by atoms with van der Waals surface area (Å²) in [5.41, 5.74) is 12.3. The second-order valence-corrected chi connectivity index (χ2v) is 17.4. The first kappa shape index (κ1) is 32.1. The third-order valence-electron chi connectivity index (χ3n) is 12.1. The molecule has 0 unspecified atom stereocenters. The van der Waals surface area contributed by atoms with Crippen LogP contribution in [0.1, 0.15) is 0 Å². The fourth-order valence-corrected chi connectivity index (χ4v) is 12.1. The van der Waals surface area contributed by atoms with Crippen LogP contribution in [-0.4, -0.2) is 9.13 Å². The molecule has 0 saturated heterocycles. The molecule has 0 N–H and O–H groups in total. The highest BCUT2D eigenvalue weighted by molar-refractivity contribution is 7.33. The van der Waals surface area contributed by atoms with Crippen molar-refractivity contribution in [2.75, 3.05) is 0 Å². The number of benzene rings is 9. The zero-order valence-corrected chi connectivity index (χ0v) is 32.8. The van der Waals surface area contributed by atoms with Crippen LogP contribution in [-0.2, 0) is 0 Å². The summed E-state index contributed by atoms with van der Waals surface area (Å²) in [6.45, 7) is 0. The molecule has 0 aliphatic carbocycles. The van der Waals surface area contributed by atoms with Gasteiger partial charge in [-0.05, 0) is 95.1 Å². The average molecular weight is 773 g/mol. The Kier molecular flexibility index (Phi) is 6.79. The molecule has 13 aromatic rings. The SMILES string of the molecule is c1ccc(-n2c3ccccc3c3cc(-c4ccc5c(c4)sc4c5ccc5c6ccc(-c7ccc8c(c7)c7ccccc7n8-c7ccccc7)cc6sc54)ccc32)cc1. The summed E-state index contributed by atoms with van der Waals surface area (Å²) >= 11 is 3.86. The number of fused-ring (bicyclic) bond motifs is 13. The highest BCUT2D eigenvalue weighted by atomic mass is 32.1. The van der Waals surface area contributed by atoms with Gasteiger partial charge in [0.15, 0.2) is 0 Å². The number of hydrogen-bond acceptors (Lipinski definition) is 2. The van der Waals surface area contributed by atoms with Crippen LogP contribution in [0.5, 0.6) is 0 Å². The summed E-state index contributed by atoms with van der Waals surface area (Å²) < 4.78 is 10.2. The number of hydrogen-bond donors (Lipinski definition) is 0. The van der Waals surface area contributed by atoms with E-state index in [9.17, 15) is 0 Å². The van der Waals surface area contributed by atoms with E-state index in [2.05, 4.69) is 203 Å². The summed E-state index contributed by atoms with van der Waals surface area (Å²) in [5.74, 6) is 0. The molecule has 0 spiro atoms. The van der Waals surface area contributed by atoms with Crippen molar-refractivity contribution in [1.29, 1.82) is 0 Å². The maximum Gasteiger partial charge on any atom is 0.0541 e. The summed E-state index contributed by atoms with van der Waals surface area (Å²) in [6, 6.07) is 71.6. The molecule has 0 amide bonds. The van der Waals surface area contributed by atoms with Crippen LogP contribution in [0.2, 0.25) is 0 Å². The van der Waals surface area contributed by atoms with Gasteiger partial charge < -0.3 is 9.13 Å². The van der Waals surface area contributed by atoms with E-state index in [1.807, 2.05) is 22.7 Å². The number of thiophene rings is 2. The molecule has 9 aromatic carbocycles. The van der Waals surface area contributed by atoms with Gasteiger partial charge in [-0.2, -0.15) is 0 Å². The Morgan fingerprint density at radius 1 is 0.259 bits per heavy atom. The molecule has 0 aliphatic heterocycles. The quantitative estimate of drug-likeness (QED) is 0.169. The molecule has 0 atom stereocenters. The molecule has 4 aromatic heterocycles. The predicted molar refractivity (Wildman–Crippen MR) is 252 cm³/mol. The van der Waals surface area contributed by atoms with Crippen molar-refractivity contribution >= 4 is 107 Å². The molecule has 270 valence electrons. The van der Waals surface area contributed by atoms with Crippen LogP contribution in [0, 0.1) is 0 Å². The van der Waals surface area contributed by atoms with Gasteiger partial charge in [0.2, 0.25) is 0 Å². The lowest BCUT2D eigenvalue weighted by atomic mass is 10.0. The maximum absolute atomic E-state index is 2.40. The Bertz CT molecular complexity index is 3540. The fourth-order valence-electron chi connectivity index (χ4n) is 9.44. The van der Waals surface area contributed by atoms with Crippen LogP contribution in [0.25, 0.3) is 118 Å². The molecule has 4 heterocycles. The number of nitrogens with zero attached hydrogens (tertiary/aromatic N) is 2. The molecular formula is C54H32N2S2. The largest absolute Gasteiger partial charge is 0.309 e. The molecule has 0 aliphatic rings. The molecule has 2 nitrogen and oxygen atoms in total. The van der Waals surface area contributed by atoms with E-state index in [1.54, 1.807) is 0 Å². The summed E-state index contributed by atoms with van der Waals surface area (Å²) in [5, 5.41) is 10.4. The maximum atomic E-state index is 2.40. The highest BCUT2D eigenvalue weighted by Crippen LogP contribution is 2.46. The van der Waals surface area contributed by atoms with Gasteiger partial charge in [-0.15, -0.1) is 22.7 Å². The Balaban J connectivity index is 0.914. The first-order valence-corrected chi connectivity index (χ1v) is 21.4. The zero-order valence-electron chi connectivity index (χ0n) is 31.2. The number of rotatable bonds is 4. The third-order valence-corrected chi connectivity index (χ3v) is 14.6. The van der Waals surface area contributed by atoms with E-state index in [-0.39, 0.29) is 0 Å². The Morgan fingerprint density at radius 2 is 0.621 bits per heavy atom. The standard InChI is InChI=1S/C54H32N2S2/c1-3-11-37(12-4-1)55-47-17-9-7-15-39(47)45-29-33(21-27-49(45)55)35-19-23-41-43-25-26-44-42-24-20-36(32-52(42)58-54(44)53(43)57-51(41)31-35)34-22-28-50-46(30-34)40-16-8-10-18-48(40)56(50)38-13-5-2-6-14-38/h1-32H. The molecule has 13 rings (SSSR count). The van der Waals surface area contributed by atoms with Crippen LogP contribution in [0.15, 0.2) is 194 Å². The van der Waals surface area contributed by atoms with Gasteiger partial charge in [0.25, 0.3) is 0 Å². The lowest BCUT2D eigenvalue weighted by molar-refractivity contribution is 1.18. The van der Waals surface area contributed by atoms with E-state index in [0.717, 1.165) is 0 Å². The van der Waals surface area contributed by atoms with E-state index in [4.69, 9.17) is 0 Å². The van der Waals surface area contributed by atoms with Crippen LogP contribution >= 0.6 is 22.7 Å². The van der Waals surface area contributed by atoms with Crippen molar-refractivity contribution in [3.8, 4) is 33.6 Å². The minimum atomic E-state index is 1.18. The lowest BCUT2D eigenvalue weighted by Gasteiger charge is -2.08. The zero-order chi connectivity index (χ0) is 37.9. The van der Waals surface area contributed by atoms with E-state index in [0.29, 0.717) is 0 Å². The van der Waals surface area contributed by atoms with E-state index >= 15 is 0 Å². The average Bonchev–Trinajstić information content (AvgIpc) is 4.04. The normalized spacial score (nSPS) is 12.1. The summed E-state index contributed by atoms with van der Waals surface area (Å²) in [6.07, 6.45) is 0. The molecule has 0 fully saturated rings. The molecule has 4 heteroatoms. The molecule has 0 bridgehead atoms. The van der Waals surface area contributed by atoms with E-state index in [1.165, 1.54) is 118 Å². The van der Waals surface area contributed by atoms with Gasteiger partial charge in [-0.1, -0.05) is 121 Å². The lowest BCUT2D eigenvalue weighted by Crippen LogP contribution is -1.92. The molecule has 58 heavy (non-hydrogen) atoms. The van der Waals surface area contributed by atoms with Crippen molar-refractivity contribution in [1.82, 2.24) is 9.13 Å². The van der Waals surface area contributed by atoms with Crippen molar-refractivity contribution in [3.63, 3.8) is 0 Å². The van der Waals surface area contributed by atoms with Crippen LogP contribution < -0.4 is 0 Å². The Hall–Kier alpha value is -6.98. The monoisotopic (exact) mass is 772 g/mol. The highest BCUT2D eigenvalue weighted by Gasteiger charge is 2.18. The van der Waals surface area contributed by atoms with Crippen molar-refractivity contribution in [2.45, 2.75) is 0 Å². The van der Waals surface area contributed by atoms with Crippen LogP contribution in [0.3, 0.4) is 0 Å².